The maximum Gasteiger partial charge on any atom is 0.277 e. The van der Waals surface area contributed by atoms with E-state index in [1.165, 1.54) is 6.21 Å². The number of rotatable bonds is 7. The van der Waals surface area contributed by atoms with Crippen molar-refractivity contribution in [2.45, 2.75) is 0 Å². The summed E-state index contributed by atoms with van der Waals surface area (Å²) in [6.45, 7) is -0.275. The molecule has 8 nitrogen and oxygen atoms in total. The minimum atomic E-state index is -0.464. The molecule has 5 rings (SSSR count). The molecule has 2 heterocycles. The summed E-state index contributed by atoms with van der Waals surface area (Å²) >= 11 is 12.4. The fourth-order valence-corrected chi connectivity index (χ4v) is 3.88. The molecule has 0 aliphatic carbocycles. The number of benzene rings is 3. The SMILES string of the molecule is O=C(COc1ccc(Cl)cc1-c1ccnn1-c1ccccc1)NN=Cc1nc2ccccc2nc1Cl. The molecular formula is C26H18Cl2N6O2. The molecule has 0 unspecified atom stereocenters. The molecule has 36 heavy (non-hydrogen) atoms. The number of hydrogen-bond acceptors (Lipinski definition) is 6. The molecule has 0 spiro atoms. The number of fused-ring (bicyclic) bond motifs is 1. The standard InChI is InChI=1S/C26H18Cl2N6O2/c27-17-10-11-24(19(14-17)23-12-13-30-34(23)18-6-2-1-3-7-18)36-16-25(35)33-29-15-22-26(28)32-21-9-5-4-8-20(21)31-22/h1-15H,16H2,(H,33,35). The molecule has 0 atom stereocenters. The molecule has 0 saturated carbocycles. The Bertz CT molecular complexity index is 1570. The minimum absolute atomic E-state index is 0.184. The van der Waals surface area contributed by atoms with Crippen LogP contribution in [0.3, 0.4) is 0 Å². The Labute approximate surface area is 216 Å². The number of amides is 1. The van der Waals surface area contributed by atoms with Crippen molar-refractivity contribution in [2.75, 3.05) is 6.61 Å². The number of ether oxygens (including phenoxy) is 1. The summed E-state index contributed by atoms with van der Waals surface area (Å²) in [6, 6.07) is 24.0. The Balaban J connectivity index is 1.29. The number of hydrazone groups is 1. The summed E-state index contributed by atoms with van der Waals surface area (Å²) in [4.78, 5) is 21.1. The van der Waals surface area contributed by atoms with Gasteiger partial charge in [0.15, 0.2) is 11.8 Å². The van der Waals surface area contributed by atoms with Gasteiger partial charge in [-0.15, -0.1) is 0 Å². The van der Waals surface area contributed by atoms with Crippen LogP contribution in [0, 0.1) is 0 Å². The third-order valence-corrected chi connectivity index (χ3v) is 5.66. The quantitative estimate of drug-likeness (QED) is 0.233. The van der Waals surface area contributed by atoms with Crippen molar-refractivity contribution in [1.82, 2.24) is 25.2 Å². The first-order chi connectivity index (χ1) is 17.6. The van der Waals surface area contributed by atoms with E-state index in [9.17, 15) is 4.79 Å². The van der Waals surface area contributed by atoms with Crippen LogP contribution in [0.2, 0.25) is 10.2 Å². The predicted octanol–water partition coefficient (Wildman–Crippen LogP) is 5.32. The summed E-state index contributed by atoms with van der Waals surface area (Å²) < 4.78 is 7.59. The molecule has 1 N–H and O–H groups in total. The third-order valence-electron chi connectivity index (χ3n) is 5.15. The highest BCUT2D eigenvalue weighted by molar-refractivity contribution is 6.32. The second-order valence-corrected chi connectivity index (χ2v) is 8.37. The fourth-order valence-electron chi connectivity index (χ4n) is 3.53. The second kappa shape index (κ2) is 10.6. The van der Waals surface area contributed by atoms with Crippen LogP contribution in [-0.4, -0.2) is 38.5 Å². The van der Waals surface area contributed by atoms with Gasteiger partial charge in [-0.05, 0) is 48.5 Å². The Morgan fingerprint density at radius 2 is 1.72 bits per heavy atom. The summed E-state index contributed by atoms with van der Waals surface area (Å²) in [6.07, 6.45) is 3.03. The highest BCUT2D eigenvalue weighted by Crippen LogP contribution is 2.33. The van der Waals surface area contributed by atoms with Crippen LogP contribution >= 0.6 is 23.2 Å². The van der Waals surface area contributed by atoms with Crippen LogP contribution < -0.4 is 10.2 Å². The number of carbonyl (C=O) groups is 1. The van der Waals surface area contributed by atoms with Crippen molar-refractivity contribution in [2.24, 2.45) is 5.10 Å². The molecule has 2 aromatic heterocycles. The predicted molar refractivity (Wildman–Crippen MR) is 140 cm³/mol. The van der Waals surface area contributed by atoms with Crippen molar-refractivity contribution < 1.29 is 9.53 Å². The van der Waals surface area contributed by atoms with E-state index in [4.69, 9.17) is 27.9 Å². The Morgan fingerprint density at radius 1 is 0.972 bits per heavy atom. The monoisotopic (exact) mass is 516 g/mol. The molecule has 0 aliphatic rings. The van der Waals surface area contributed by atoms with Gasteiger partial charge in [0.2, 0.25) is 0 Å². The summed E-state index contributed by atoms with van der Waals surface area (Å²) in [5, 5.41) is 9.07. The normalized spacial score (nSPS) is 11.2. The van der Waals surface area contributed by atoms with E-state index in [0.717, 1.165) is 11.4 Å². The first-order valence-electron chi connectivity index (χ1n) is 10.8. The fraction of sp³-hybridized carbons (Fsp3) is 0.0385. The average molecular weight is 517 g/mol. The van der Waals surface area contributed by atoms with Crippen LogP contribution in [0.5, 0.6) is 5.75 Å². The van der Waals surface area contributed by atoms with Crippen LogP contribution in [0.15, 0.2) is 90.2 Å². The molecule has 0 saturated heterocycles. The van der Waals surface area contributed by atoms with Gasteiger partial charge in [-0.3, -0.25) is 4.79 Å². The number of nitrogens with zero attached hydrogens (tertiary/aromatic N) is 5. The number of nitrogens with one attached hydrogen (secondary N) is 1. The van der Waals surface area contributed by atoms with E-state index >= 15 is 0 Å². The van der Waals surface area contributed by atoms with Gasteiger partial charge in [0.1, 0.15) is 11.4 Å². The summed E-state index contributed by atoms with van der Waals surface area (Å²) in [5.41, 5.74) is 6.43. The number of halogens is 2. The van der Waals surface area contributed by atoms with Crippen LogP contribution in [0.4, 0.5) is 0 Å². The Morgan fingerprint density at radius 3 is 2.53 bits per heavy atom. The molecule has 1 amide bonds. The van der Waals surface area contributed by atoms with Crippen molar-refractivity contribution in [3.63, 3.8) is 0 Å². The van der Waals surface area contributed by atoms with Gasteiger partial charge in [-0.25, -0.2) is 20.1 Å². The molecule has 0 radical (unpaired) electrons. The minimum Gasteiger partial charge on any atom is -0.483 e. The zero-order valence-electron chi connectivity index (χ0n) is 18.7. The maximum absolute atomic E-state index is 12.4. The van der Waals surface area contributed by atoms with Gasteiger partial charge in [0.05, 0.1) is 34.8 Å². The Hall–Kier alpha value is -4.27. The van der Waals surface area contributed by atoms with E-state index in [2.05, 4.69) is 25.6 Å². The average Bonchev–Trinajstić information content (AvgIpc) is 3.39. The smallest absolute Gasteiger partial charge is 0.277 e. The van der Waals surface area contributed by atoms with Gasteiger partial charge in [-0.2, -0.15) is 10.2 Å². The van der Waals surface area contributed by atoms with Crippen molar-refractivity contribution in [3.05, 3.63) is 101 Å². The largest absolute Gasteiger partial charge is 0.483 e. The molecule has 178 valence electrons. The lowest BCUT2D eigenvalue weighted by Crippen LogP contribution is -2.24. The maximum atomic E-state index is 12.4. The van der Waals surface area contributed by atoms with Gasteiger partial charge in [-0.1, -0.05) is 53.5 Å². The molecule has 0 bridgehead atoms. The van der Waals surface area contributed by atoms with Crippen LogP contribution in [0.25, 0.3) is 28.0 Å². The first-order valence-corrected chi connectivity index (χ1v) is 11.6. The van der Waals surface area contributed by atoms with Gasteiger partial charge >= 0.3 is 0 Å². The van der Waals surface area contributed by atoms with Gasteiger partial charge in [0.25, 0.3) is 5.91 Å². The highest BCUT2D eigenvalue weighted by Gasteiger charge is 2.15. The lowest BCUT2D eigenvalue weighted by molar-refractivity contribution is -0.123. The zero-order chi connectivity index (χ0) is 24.9. The zero-order valence-corrected chi connectivity index (χ0v) is 20.2. The van der Waals surface area contributed by atoms with Gasteiger partial charge in [0, 0.05) is 10.6 Å². The first kappa shape index (κ1) is 23.5. The highest BCUT2D eigenvalue weighted by atomic mass is 35.5. The van der Waals surface area contributed by atoms with E-state index in [1.807, 2.05) is 60.7 Å². The Kier molecular flexibility index (Phi) is 6.88. The van der Waals surface area contributed by atoms with Crippen LogP contribution in [-0.2, 0) is 4.79 Å². The van der Waals surface area contributed by atoms with E-state index in [0.29, 0.717) is 33.1 Å². The molecule has 0 aliphatic heterocycles. The number of para-hydroxylation sites is 3. The van der Waals surface area contributed by atoms with Crippen molar-refractivity contribution in [3.8, 4) is 22.7 Å². The van der Waals surface area contributed by atoms with E-state index < -0.39 is 5.91 Å². The second-order valence-electron chi connectivity index (χ2n) is 7.57. The summed E-state index contributed by atoms with van der Waals surface area (Å²) in [5.74, 6) is 0.00763. The number of hydrogen-bond donors (Lipinski definition) is 1. The third kappa shape index (κ3) is 5.19. The molecule has 0 fully saturated rings. The number of carbonyl (C=O) groups excluding carboxylic acids is 1. The van der Waals surface area contributed by atoms with Crippen LogP contribution in [0.1, 0.15) is 5.69 Å². The lowest BCUT2D eigenvalue weighted by Gasteiger charge is -2.13. The molecule has 10 heteroatoms. The van der Waals surface area contributed by atoms with E-state index in [-0.39, 0.29) is 11.8 Å². The topological polar surface area (TPSA) is 94.3 Å². The molecule has 5 aromatic rings. The van der Waals surface area contributed by atoms with Crippen molar-refractivity contribution >= 4 is 46.4 Å². The van der Waals surface area contributed by atoms with Gasteiger partial charge < -0.3 is 4.74 Å². The van der Waals surface area contributed by atoms with Crippen molar-refractivity contribution in [1.29, 1.82) is 0 Å². The molecular weight excluding hydrogens is 499 g/mol. The summed E-state index contributed by atoms with van der Waals surface area (Å²) in [7, 11) is 0. The van der Waals surface area contributed by atoms with E-state index in [1.54, 1.807) is 29.1 Å². The molecule has 3 aromatic carbocycles. The lowest BCUT2D eigenvalue weighted by atomic mass is 10.1. The number of aromatic nitrogens is 4.